The summed E-state index contributed by atoms with van der Waals surface area (Å²) in [6, 6.07) is 6.15. The Hall–Kier alpha value is -1.63. The molecule has 1 N–H and O–H groups in total. The van der Waals surface area contributed by atoms with Gasteiger partial charge in [-0.25, -0.2) is 0 Å². The third kappa shape index (κ3) is 4.28. The molecule has 1 amide bonds. The average Bonchev–Trinajstić information content (AvgIpc) is 3.28. The molecule has 2 atom stereocenters. The number of ether oxygens (including phenoxy) is 1. The summed E-state index contributed by atoms with van der Waals surface area (Å²) in [5.74, 6) is 2.56. The Morgan fingerprint density at radius 3 is 2.93 bits per heavy atom. The molecule has 1 saturated heterocycles. The van der Waals surface area contributed by atoms with Crippen LogP contribution in [-0.2, 0) is 17.6 Å². The second-order valence-corrected chi connectivity index (χ2v) is 8.87. The second kappa shape index (κ2) is 8.17. The number of morpholine rings is 1. The number of carbonyl (C=O) groups is 1. The molecule has 1 fully saturated rings. The van der Waals surface area contributed by atoms with Gasteiger partial charge in [0.25, 0.3) is 5.91 Å². The predicted molar refractivity (Wildman–Crippen MR) is 106 cm³/mol. The Balaban J connectivity index is 1.44. The van der Waals surface area contributed by atoms with Crippen molar-refractivity contribution in [1.82, 2.24) is 10.2 Å². The largest absolute Gasteiger partial charge is 0.465 e. The van der Waals surface area contributed by atoms with E-state index in [4.69, 9.17) is 9.15 Å². The van der Waals surface area contributed by atoms with Crippen molar-refractivity contribution < 1.29 is 13.9 Å². The normalized spacial score (nSPS) is 21.6. The Morgan fingerprint density at radius 1 is 1.37 bits per heavy atom. The monoisotopic (exact) mass is 388 g/mol. The summed E-state index contributed by atoms with van der Waals surface area (Å²) in [4.78, 5) is 17.4. The summed E-state index contributed by atoms with van der Waals surface area (Å²) in [7, 11) is 0. The minimum atomic E-state index is 0.0311. The first kappa shape index (κ1) is 18.7. The third-order valence-electron chi connectivity index (χ3n) is 5.58. The molecule has 27 heavy (non-hydrogen) atoms. The SMILES string of the molecule is Cc1ccc(C(CNC(=O)c2cc3c(s2)CCC(C)C3)N2CCOCC2)o1. The van der Waals surface area contributed by atoms with Gasteiger partial charge in [0.15, 0.2) is 0 Å². The van der Waals surface area contributed by atoms with Crippen LogP contribution in [0.25, 0.3) is 0 Å². The van der Waals surface area contributed by atoms with E-state index in [1.54, 1.807) is 11.3 Å². The van der Waals surface area contributed by atoms with Crippen molar-refractivity contribution in [3.8, 4) is 0 Å². The lowest BCUT2D eigenvalue weighted by Crippen LogP contribution is -2.43. The third-order valence-corrected chi connectivity index (χ3v) is 6.82. The van der Waals surface area contributed by atoms with Crippen LogP contribution < -0.4 is 5.32 Å². The molecule has 0 radical (unpaired) electrons. The average molecular weight is 389 g/mol. The van der Waals surface area contributed by atoms with E-state index in [0.717, 1.165) is 61.5 Å². The van der Waals surface area contributed by atoms with Gasteiger partial charge < -0.3 is 14.5 Å². The van der Waals surface area contributed by atoms with E-state index in [9.17, 15) is 4.79 Å². The second-order valence-electron chi connectivity index (χ2n) is 7.73. The van der Waals surface area contributed by atoms with Crippen molar-refractivity contribution in [2.75, 3.05) is 32.8 Å². The molecule has 0 bridgehead atoms. The van der Waals surface area contributed by atoms with Gasteiger partial charge in [0.05, 0.1) is 24.1 Å². The topological polar surface area (TPSA) is 54.7 Å². The van der Waals surface area contributed by atoms with Gasteiger partial charge in [0, 0.05) is 24.5 Å². The van der Waals surface area contributed by atoms with Gasteiger partial charge in [0.1, 0.15) is 11.5 Å². The fourth-order valence-corrected chi connectivity index (χ4v) is 5.15. The van der Waals surface area contributed by atoms with Crippen LogP contribution in [0.15, 0.2) is 22.6 Å². The first-order chi connectivity index (χ1) is 13.1. The molecule has 6 heteroatoms. The van der Waals surface area contributed by atoms with Crippen molar-refractivity contribution in [2.24, 2.45) is 5.92 Å². The summed E-state index contributed by atoms with van der Waals surface area (Å²) in [6.45, 7) is 7.94. The fourth-order valence-electron chi connectivity index (χ4n) is 4.03. The Bertz CT molecular complexity index is 791. The van der Waals surface area contributed by atoms with Crippen molar-refractivity contribution in [3.05, 3.63) is 45.0 Å². The number of furan rings is 1. The number of aryl methyl sites for hydroxylation is 2. The van der Waals surface area contributed by atoms with Crippen LogP contribution in [0.2, 0.25) is 0 Å². The van der Waals surface area contributed by atoms with E-state index >= 15 is 0 Å². The molecule has 2 unspecified atom stereocenters. The lowest BCUT2D eigenvalue weighted by molar-refractivity contribution is 0.0117. The summed E-state index contributed by atoms with van der Waals surface area (Å²) in [5.41, 5.74) is 1.37. The number of rotatable bonds is 5. The molecule has 0 aromatic carbocycles. The zero-order valence-electron chi connectivity index (χ0n) is 16.1. The highest BCUT2D eigenvalue weighted by molar-refractivity contribution is 7.14. The molecular formula is C21H28N2O3S. The predicted octanol–water partition coefficient (Wildman–Crippen LogP) is 3.58. The molecule has 4 rings (SSSR count). The van der Waals surface area contributed by atoms with Crippen LogP contribution in [0.3, 0.4) is 0 Å². The van der Waals surface area contributed by atoms with Gasteiger partial charge in [-0.15, -0.1) is 11.3 Å². The molecule has 1 aliphatic carbocycles. The number of hydrogen-bond acceptors (Lipinski definition) is 5. The maximum absolute atomic E-state index is 12.8. The Labute approximate surface area is 164 Å². The highest BCUT2D eigenvalue weighted by Gasteiger charge is 2.27. The number of nitrogens with one attached hydrogen (secondary N) is 1. The highest BCUT2D eigenvalue weighted by Crippen LogP contribution is 2.32. The van der Waals surface area contributed by atoms with Crippen molar-refractivity contribution >= 4 is 17.2 Å². The molecule has 0 spiro atoms. The minimum Gasteiger partial charge on any atom is -0.465 e. The van der Waals surface area contributed by atoms with E-state index in [-0.39, 0.29) is 11.9 Å². The minimum absolute atomic E-state index is 0.0311. The summed E-state index contributed by atoms with van der Waals surface area (Å²) >= 11 is 1.66. The smallest absolute Gasteiger partial charge is 0.261 e. The van der Waals surface area contributed by atoms with Crippen LogP contribution >= 0.6 is 11.3 Å². The summed E-state index contributed by atoms with van der Waals surface area (Å²) in [5, 5.41) is 3.15. The van der Waals surface area contributed by atoms with Gasteiger partial charge in [-0.3, -0.25) is 9.69 Å². The first-order valence-corrected chi connectivity index (χ1v) is 10.7. The van der Waals surface area contributed by atoms with E-state index < -0.39 is 0 Å². The Kier molecular flexibility index (Phi) is 5.66. The van der Waals surface area contributed by atoms with Gasteiger partial charge >= 0.3 is 0 Å². The highest BCUT2D eigenvalue weighted by atomic mass is 32.1. The van der Waals surface area contributed by atoms with Gasteiger partial charge in [0.2, 0.25) is 0 Å². The quantitative estimate of drug-likeness (QED) is 0.851. The lowest BCUT2D eigenvalue weighted by atomic mass is 9.90. The van der Waals surface area contributed by atoms with Crippen molar-refractivity contribution in [1.29, 1.82) is 0 Å². The van der Waals surface area contributed by atoms with Crippen molar-refractivity contribution in [3.63, 3.8) is 0 Å². The van der Waals surface area contributed by atoms with E-state index in [1.807, 2.05) is 19.1 Å². The molecule has 2 aromatic heterocycles. The van der Waals surface area contributed by atoms with Gasteiger partial charge in [-0.2, -0.15) is 0 Å². The van der Waals surface area contributed by atoms with E-state index in [1.165, 1.54) is 16.9 Å². The van der Waals surface area contributed by atoms with Crippen LogP contribution in [0, 0.1) is 12.8 Å². The molecule has 0 saturated carbocycles. The summed E-state index contributed by atoms with van der Waals surface area (Å²) < 4.78 is 11.4. The number of hydrogen-bond donors (Lipinski definition) is 1. The number of fused-ring (bicyclic) bond motifs is 1. The molecular weight excluding hydrogens is 360 g/mol. The van der Waals surface area contributed by atoms with Gasteiger partial charge in [-0.05, 0) is 55.9 Å². The molecule has 2 aliphatic rings. The van der Waals surface area contributed by atoms with Crippen LogP contribution in [0.5, 0.6) is 0 Å². The molecule has 1 aliphatic heterocycles. The molecule has 3 heterocycles. The lowest BCUT2D eigenvalue weighted by Gasteiger charge is -2.33. The van der Waals surface area contributed by atoms with Crippen LogP contribution in [0.1, 0.15) is 51.0 Å². The van der Waals surface area contributed by atoms with Gasteiger partial charge in [-0.1, -0.05) is 6.92 Å². The zero-order chi connectivity index (χ0) is 18.8. The maximum atomic E-state index is 12.8. The standard InChI is InChI=1S/C21H28N2O3S/c1-14-3-6-19-16(11-14)12-20(27-19)21(24)22-13-17(18-5-4-15(2)26-18)23-7-9-25-10-8-23/h4-5,12,14,17H,3,6-11,13H2,1-2H3,(H,22,24). The molecule has 5 nitrogen and oxygen atoms in total. The number of nitrogens with zero attached hydrogens (tertiary/aromatic N) is 1. The number of thiophene rings is 1. The number of carbonyl (C=O) groups excluding carboxylic acids is 1. The van der Waals surface area contributed by atoms with Crippen LogP contribution in [0.4, 0.5) is 0 Å². The van der Waals surface area contributed by atoms with Crippen molar-refractivity contribution in [2.45, 2.75) is 39.2 Å². The molecule has 2 aromatic rings. The first-order valence-electron chi connectivity index (χ1n) is 9.88. The van der Waals surface area contributed by atoms with E-state index in [2.05, 4.69) is 23.2 Å². The maximum Gasteiger partial charge on any atom is 0.261 e. The zero-order valence-corrected chi connectivity index (χ0v) is 16.9. The fraction of sp³-hybridized carbons (Fsp3) is 0.571. The van der Waals surface area contributed by atoms with Crippen LogP contribution in [-0.4, -0.2) is 43.7 Å². The molecule has 146 valence electrons. The Morgan fingerprint density at radius 2 is 2.19 bits per heavy atom. The number of amides is 1. The van der Waals surface area contributed by atoms with E-state index in [0.29, 0.717) is 6.54 Å². The summed E-state index contributed by atoms with van der Waals surface area (Å²) in [6.07, 6.45) is 3.43.